The molecule has 120 valence electrons. The van der Waals surface area contributed by atoms with Gasteiger partial charge in [0.1, 0.15) is 5.75 Å². The molecule has 0 aliphatic rings. The third-order valence-electron chi connectivity index (χ3n) is 4.06. The second kappa shape index (κ2) is 8.65. The van der Waals surface area contributed by atoms with Crippen molar-refractivity contribution >= 4 is 11.6 Å². The quantitative estimate of drug-likeness (QED) is 0.729. The molecule has 0 heterocycles. The summed E-state index contributed by atoms with van der Waals surface area (Å²) in [4.78, 5) is 0. The zero-order valence-electron chi connectivity index (χ0n) is 14.1. The number of nitrogens with two attached hydrogens (primary N) is 1. The summed E-state index contributed by atoms with van der Waals surface area (Å²) in [6.07, 6.45) is 4.10. The van der Waals surface area contributed by atoms with Gasteiger partial charge >= 0.3 is 0 Å². The van der Waals surface area contributed by atoms with Crippen LogP contribution in [0.4, 0.5) is 0 Å². The first-order valence-electron chi connectivity index (χ1n) is 8.05. The molecule has 0 saturated heterocycles. The molecule has 1 atom stereocenters. The largest absolute Gasteiger partial charge is 0.493 e. The number of halogens is 1. The second-order valence-corrected chi connectivity index (χ2v) is 6.64. The van der Waals surface area contributed by atoms with Gasteiger partial charge in [-0.25, -0.2) is 0 Å². The van der Waals surface area contributed by atoms with Crippen molar-refractivity contribution in [2.75, 3.05) is 6.61 Å². The van der Waals surface area contributed by atoms with E-state index in [0.717, 1.165) is 54.2 Å². The van der Waals surface area contributed by atoms with Crippen molar-refractivity contribution in [1.82, 2.24) is 0 Å². The highest BCUT2D eigenvalue weighted by Crippen LogP contribution is 2.33. The maximum Gasteiger partial charge on any atom is 0.123 e. The molecule has 0 spiro atoms. The van der Waals surface area contributed by atoms with Crippen LogP contribution in [0.25, 0.3) is 0 Å². The third kappa shape index (κ3) is 5.19. The summed E-state index contributed by atoms with van der Waals surface area (Å²) in [6.45, 7) is 11.3. The van der Waals surface area contributed by atoms with Crippen LogP contribution in [0.3, 0.4) is 0 Å². The first-order valence-corrected chi connectivity index (χ1v) is 8.43. The summed E-state index contributed by atoms with van der Waals surface area (Å²) < 4.78 is 5.92. The summed E-state index contributed by atoms with van der Waals surface area (Å²) in [7, 11) is 0. The summed E-state index contributed by atoms with van der Waals surface area (Å²) in [6, 6.07) is 2.34. The molecule has 1 aromatic carbocycles. The molecule has 1 rings (SSSR count). The molecule has 0 amide bonds. The number of ether oxygens (including phenoxy) is 1. The Labute approximate surface area is 135 Å². The highest BCUT2D eigenvalue weighted by Gasteiger charge is 2.14. The molecule has 0 aliphatic carbocycles. The number of hydrogen-bond acceptors (Lipinski definition) is 2. The molecule has 0 bridgehead atoms. The Hall–Kier alpha value is -0.730. The molecular formula is C18H30ClNO. The van der Waals surface area contributed by atoms with E-state index in [-0.39, 0.29) is 6.04 Å². The predicted molar refractivity (Wildman–Crippen MR) is 92.5 cm³/mol. The minimum absolute atomic E-state index is 0.270. The zero-order valence-corrected chi connectivity index (χ0v) is 14.9. The normalized spacial score (nSPS) is 12.8. The van der Waals surface area contributed by atoms with Gasteiger partial charge in [-0.05, 0) is 68.2 Å². The van der Waals surface area contributed by atoms with E-state index in [0.29, 0.717) is 5.92 Å². The molecule has 0 saturated carbocycles. The van der Waals surface area contributed by atoms with Gasteiger partial charge in [0, 0.05) is 11.1 Å². The van der Waals surface area contributed by atoms with Gasteiger partial charge in [0.05, 0.1) is 6.61 Å². The Kier molecular flexibility index (Phi) is 7.55. The lowest BCUT2D eigenvalue weighted by Crippen LogP contribution is -2.26. The number of rotatable bonds is 8. The highest BCUT2D eigenvalue weighted by atomic mass is 35.5. The number of aryl methyl sites for hydroxylation is 1. The average molecular weight is 312 g/mol. The van der Waals surface area contributed by atoms with Gasteiger partial charge < -0.3 is 10.5 Å². The smallest absolute Gasteiger partial charge is 0.123 e. The van der Waals surface area contributed by atoms with Crippen LogP contribution in [0.1, 0.15) is 56.7 Å². The Morgan fingerprint density at radius 2 is 1.95 bits per heavy atom. The minimum Gasteiger partial charge on any atom is -0.493 e. The molecule has 0 aromatic heterocycles. The lowest BCUT2D eigenvalue weighted by molar-refractivity contribution is 0.313. The van der Waals surface area contributed by atoms with Crippen LogP contribution >= 0.6 is 11.6 Å². The van der Waals surface area contributed by atoms with E-state index in [9.17, 15) is 0 Å². The average Bonchev–Trinajstić information content (AvgIpc) is 2.44. The van der Waals surface area contributed by atoms with Gasteiger partial charge in [0.25, 0.3) is 0 Å². The fourth-order valence-corrected chi connectivity index (χ4v) is 2.63. The fourth-order valence-electron chi connectivity index (χ4n) is 2.46. The van der Waals surface area contributed by atoms with E-state index in [1.54, 1.807) is 0 Å². The Morgan fingerprint density at radius 3 is 2.52 bits per heavy atom. The fraction of sp³-hybridized carbons (Fsp3) is 0.667. The molecule has 21 heavy (non-hydrogen) atoms. The van der Waals surface area contributed by atoms with E-state index >= 15 is 0 Å². The number of benzene rings is 1. The summed E-state index contributed by atoms with van der Waals surface area (Å²) in [5, 5.41) is 0.863. The van der Waals surface area contributed by atoms with Crippen LogP contribution in [0.2, 0.25) is 5.02 Å². The molecule has 2 nitrogen and oxygen atoms in total. The molecule has 1 aromatic rings. The molecule has 1 unspecified atom stereocenters. The van der Waals surface area contributed by atoms with E-state index < -0.39 is 0 Å². The molecule has 0 radical (unpaired) electrons. The molecule has 2 N–H and O–H groups in total. The lowest BCUT2D eigenvalue weighted by atomic mass is 9.95. The maximum absolute atomic E-state index is 6.40. The predicted octanol–water partition coefficient (Wildman–Crippen LogP) is 5.05. The summed E-state index contributed by atoms with van der Waals surface area (Å²) in [5.41, 5.74) is 9.62. The van der Waals surface area contributed by atoms with Gasteiger partial charge in [-0.2, -0.15) is 0 Å². The van der Waals surface area contributed by atoms with Crippen molar-refractivity contribution in [2.45, 2.75) is 66.3 Å². The van der Waals surface area contributed by atoms with Gasteiger partial charge in [0.2, 0.25) is 0 Å². The van der Waals surface area contributed by atoms with Gasteiger partial charge in [-0.3, -0.25) is 0 Å². The van der Waals surface area contributed by atoms with Crippen LogP contribution in [-0.4, -0.2) is 12.6 Å². The Morgan fingerprint density at radius 1 is 1.29 bits per heavy atom. The highest BCUT2D eigenvalue weighted by molar-refractivity contribution is 6.32. The van der Waals surface area contributed by atoms with Gasteiger partial charge in [-0.1, -0.05) is 32.4 Å². The SMILES string of the molecule is CCCOc1cc(C)c(Cl)c(C)c1CCCC(N)C(C)C. The second-order valence-electron chi connectivity index (χ2n) is 6.26. The third-order valence-corrected chi connectivity index (χ3v) is 4.64. The molecule has 0 aliphatic heterocycles. The van der Waals surface area contributed by atoms with Crippen LogP contribution in [0.15, 0.2) is 6.07 Å². The van der Waals surface area contributed by atoms with Gasteiger partial charge in [-0.15, -0.1) is 0 Å². The topological polar surface area (TPSA) is 35.2 Å². The molecular weight excluding hydrogens is 282 g/mol. The van der Waals surface area contributed by atoms with Crippen LogP contribution in [0.5, 0.6) is 5.75 Å². The molecule has 0 fully saturated rings. The van der Waals surface area contributed by atoms with Crippen molar-refractivity contribution in [3.63, 3.8) is 0 Å². The number of hydrogen-bond donors (Lipinski definition) is 1. The van der Waals surface area contributed by atoms with E-state index in [2.05, 4.69) is 33.8 Å². The maximum atomic E-state index is 6.40. The lowest BCUT2D eigenvalue weighted by Gasteiger charge is -2.19. The first-order chi connectivity index (χ1) is 9.88. The van der Waals surface area contributed by atoms with Crippen molar-refractivity contribution in [2.24, 2.45) is 11.7 Å². The summed E-state index contributed by atoms with van der Waals surface area (Å²) in [5.74, 6) is 1.53. The van der Waals surface area contributed by atoms with Crippen molar-refractivity contribution in [3.8, 4) is 5.75 Å². The standard InChI is InChI=1S/C18H30ClNO/c1-6-10-21-17-11-13(4)18(19)14(5)15(17)8-7-9-16(20)12(2)3/h11-12,16H,6-10,20H2,1-5H3. The van der Waals surface area contributed by atoms with E-state index in [4.69, 9.17) is 22.1 Å². The Balaban J connectivity index is 2.85. The first kappa shape index (κ1) is 18.3. The van der Waals surface area contributed by atoms with Crippen molar-refractivity contribution in [1.29, 1.82) is 0 Å². The zero-order chi connectivity index (χ0) is 16.0. The minimum atomic E-state index is 0.270. The van der Waals surface area contributed by atoms with Gasteiger partial charge in [0.15, 0.2) is 0 Å². The van der Waals surface area contributed by atoms with Crippen LogP contribution < -0.4 is 10.5 Å². The van der Waals surface area contributed by atoms with Crippen molar-refractivity contribution in [3.05, 3.63) is 27.8 Å². The monoisotopic (exact) mass is 311 g/mol. The van der Waals surface area contributed by atoms with E-state index in [1.807, 2.05) is 6.92 Å². The van der Waals surface area contributed by atoms with Crippen LogP contribution in [-0.2, 0) is 6.42 Å². The van der Waals surface area contributed by atoms with E-state index in [1.165, 1.54) is 5.56 Å². The summed E-state index contributed by atoms with van der Waals surface area (Å²) >= 11 is 6.40. The Bertz CT molecular complexity index is 457. The molecule has 3 heteroatoms. The van der Waals surface area contributed by atoms with Crippen molar-refractivity contribution < 1.29 is 4.74 Å². The van der Waals surface area contributed by atoms with Crippen LogP contribution in [0, 0.1) is 19.8 Å².